The summed E-state index contributed by atoms with van der Waals surface area (Å²) in [6.07, 6.45) is 1.54. The van der Waals surface area contributed by atoms with Crippen molar-refractivity contribution in [3.8, 4) is 16.2 Å². The highest BCUT2D eigenvalue weighted by Gasteiger charge is 2.30. The van der Waals surface area contributed by atoms with Gasteiger partial charge in [-0.1, -0.05) is 24.3 Å². The lowest BCUT2D eigenvalue weighted by Crippen LogP contribution is -2.57. The summed E-state index contributed by atoms with van der Waals surface area (Å²) in [7, 11) is 0. The third-order valence-corrected chi connectivity index (χ3v) is 7.70. The quantitative estimate of drug-likeness (QED) is 0.320. The molecule has 5 rings (SSSR count). The molecule has 1 aliphatic heterocycles. The van der Waals surface area contributed by atoms with Crippen molar-refractivity contribution in [1.82, 2.24) is 20.2 Å². The first-order chi connectivity index (χ1) is 18.3. The van der Waals surface area contributed by atoms with Gasteiger partial charge in [0.15, 0.2) is 0 Å². The van der Waals surface area contributed by atoms with Crippen LogP contribution in [0.1, 0.15) is 25.5 Å². The molecule has 0 spiro atoms. The van der Waals surface area contributed by atoms with Gasteiger partial charge in [-0.15, -0.1) is 11.3 Å². The lowest BCUT2D eigenvalue weighted by molar-refractivity contribution is -0.0499. The average molecular weight is 542 g/mol. The molecule has 1 unspecified atom stereocenters. The summed E-state index contributed by atoms with van der Waals surface area (Å²) in [5, 5.41) is 2.96. The van der Waals surface area contributed by atoms with Crippen molar-refractivity contribution in [2.45, 2.75) is 32.5 Å². The van der Waals surface area contributed by atoms with Crippen LogP contribution in [0.2, 0.25) is 0 Å². The van der Waals surface area contributed by atoms with Gasteiger partial charge in [-0.05, 0) is 55.3 Å². The summed E-state index contributed by atoms with van der Waals surface area (Å²) >= 11 is 1.56. The van der Waals surface area contributed by atoms with Gasteiger partial charge in [-0.2, -0.15) is 8.78 Å². The monoisotopic (exact) mass is 541 g/mol. The maximum atomic E-state index is 13.4. The van der Waals surface area contributed by atoms with Crippen LogP contribution in [0.3, 0.4) is 0 Å². The number of aromatic nitrogens is 2. The highest BCUT2D eigenvalue weighted by Crippen LogP contribution is 2.37. The molecule has 198 valence electrons. The fraction of sp³-hybridized carbons (Fsp3) is 0.296. The second-order valence-electron chi connectivity index (χ2n) is 9.14. The Hall–Kier alpha value is -3.86. The number of thiophene rings is 1. The van der Waals surface area contributed by atoms with Crippen LogP contribution in [0.5, 0.6) is 5.75 Å². The fourth-order valence-corrected chi connectivity index (χ4v) is 5.72. The number of halogens is 3. The third kappa shape index (κ3) is 5.52. The van der Waals surface area contributed by atoms with E-state index in [9.17, 15) is 18.0 Å². The van der Waals surface area contributed by atoms with E-state index in [1.165, 1.54) is 30.6 Å². The number of ether oxygens (including phenoxy) is 1. The van der Waals surface area contributed by atoms with E-state index in [0.717, 1.165) is 26.5 Å². The minimum Gasteiger partial charge on any atom is -0.435 e. The molecule has 0 bridgehead atoms. The molecule has 1 N–H and O–H groups in total. The maximum Gasteiger partial charge on any atom is 0.387 e. The van der Waals surface area contributed by atoms with Crippen LogP contribution in [0.25, 0.3) is 20.7 Å². The van der Waals surface area contributed by atoms with Gasteiger partial charge in [-0.25, -0.2) is 19.2 Å². The average Bonchev–Trinajstić information content (AvgIpc) is 3.33. The predicted molar refractivity (Wildman–Crippen MR) is 141 cm³/mol. The molecular formula is C27H26F3N5O2S. The number of alkyl halides is 2. The van der Waals surface area contributed by atoms with Crippen LogP contribution in [0.4, 0.5) is 23.8 Å². The number of rotatable bonds is 6. The van der Waals surface area contributed by atoms with Gasteiger partial charge in [0, 0.05) is 30.6 Å². The number of nitrogens with one attached hydrogen (secondary N) is 1. The van der Waals surface area contributed by atoms with Gasteiger partial charge in [0.25, 0.3) is 0 Å². The molecule has 2 aromatic heterocycles. The molecule has 2 aromatic carbocycles. The van der Waals surface area contributed by atoms with Gasteiger partial charge in [0.2, 0.25) is 0 Å². The van der Waals surface area contributed by atoms with Crippen molar-refractivity contribution in [2.24, 2.45) is 0 Å². The Labute approximate surface area is 221 Å². The molecule has 0 saturated carbocycles. The lowest BCUT2D eigenvalue weighted by Gasteiger charge is -2.40. The molecule has 4 aromatic rings. The molecule has 1 aliphatic rings. The van der Waals surface area contributed by atoms with Crippen molar-refractivity contribution in [3.63, 3.8) is 0 Å². The zero-order valence-corrected chi connectivity index (χ0v) is 21.6. The minimum atomic E-state index is -2.91. The van der Waals surface area contributed by atoms with Crippen LogP contribution in [0, 0.1) is 5.82 Å². The summed E-state index contributed by atoms with van der Waals surface area (Å²) in [5.74, 6) is 0.576. The Balaban J connectivity index is 1.27. The highest BCUT2D eigenvalue weighted by molar-refractivity contribution is 7.22. The molecule has 38 heavy (non-hydrogen) atoms. The first-order valence-corrected chi connectivity index (χ1v) is 13.0. The van der Waals surface area contributed by atoms with Crippen LogP contribution in [-0.2, 0) is 0 Å². The zero-order valence-electron chi connectivity index (χ0n) is 20.8. The summed E-state index contributed by atoms with van der Waals surface area (Å²) in [6.45, 7) is 2.51. The topological polar surface area (TPSA) is 70.6 Å². The number of carbonyl (C=O) groups is 1. The second-order valence-corrected chi connectivity index (χ2v) is 10.2. The largest absolute Gasteiger partial charge is 0.435 e. The first-order valence-electron chi connectivity index (χ1n) is 12.2. The molecule has 11 heteroatoms. The van der Waals surface area contributed by atoms with E-state index in [-0.39, 0.29) is 23.6 Å². The van der Waals surface area contributed by atoms with Crippen LogP contribution < -0.4 is 15.0 Å². The van der Waals surface area contributed by atoms with E-state index in [1.54, 1.807) is 47.4 Å². The predicted octanol–water partition coefficient (Wildman–Crippen LogP) is 6.08. The van der Waals surface area contributed by atoms with E-state index < -0.39 is 12.7 Å². The summed E-state index contributed by atoms with van der Waals surface area (Å²) < 4.78 is 43.9. The molecule has 3 heterocycles. The lowest BCUT2D eigenvalue weighted by atomic mass is 10.1. The number of amides is 2. The number of piperazine rings is 1. The number of hydrogen-bond acceptors (Lipinski definition) is 6. The third-order valence-electron chi connectivity index (χ3n) is 6.53. The van der Waals surface area contributed by atoms with E-state index in [0.29, 0.717) is 25.2 Å². The molecule has 7 nitrogen and oxygen atoms in total. The number of anilines is 1. The van der Waals surface area contributed by atoms with Gasteiger partial charge >= 0.3 is 12.6 Å². The summed E-state index contributed by atoms with van der Waals surface area (Å²) in [4.78, 5) is 27.0. The number of nitrogens with zero attached hydrogens (tertiary/aromatic N) is 4. The Morgan fingerprint density at radius 2 is 1.92 bits per heavy atom. The van der Waals surface area contributed by atoms with Gasteiger partial charge in [0.05, 0.1) is 16.3 Å². The van der Waals surface area contributed by atoms with Crippen molar-refractivity contribution < 1.29 is 22.7 Å². The van der Waals surface area contributed by atoms with E-state index in [4.69, 9.17) is 0 Å². The van der Waals surface area contributed by atoms with Crippen LogP contribution in [0.15, 0.2) is 60.9 Å². The van der Waals surface area contributed by atoms with Crippen molar-refractivity contribution >= 4 is 33.4 Å². The molecule has 2 atom stereocenters. The first kappa shape index (κ1) is 25.8. The summed E-state index contributed by atoms with van der Waals surface area (Å²) in [5.41, 5.74) is 2.40. The normalized spacial score (nSPS) is 16.6. The molecule has 2 amide bonds. The smallest absolute Gasteiger partial charge is 0.387 e. The van der Waals surface area contributed by atoms with Crippen LogP contribution in [-0.4, -0.2) is 53.2 Å². The van der Waals surface area contributed by atoms with E-state index in [1.807, 2.05) is 13.0 Å². The number of hydrogen-bond donors (Lipinski definition) is 1. The maximum absolute atomic E-state index is 13.4. The van der Waals surface area contributed by atoms with Crippen molar-refractivity contribution in [2.75, 3.05) is 24.5 Å². The Morgan fingerprint density at radius 3 is 2.66 bits per heavy atom. The Bertz CT molecular complexity index is 1430. The Morgan fingerprint density at radius 1 is 1.13 bits per heavy atom. The van der Waals surface area contributed by atoms with Crippen LogP contribution >= 0.6 is 11.3 Å². The molecular weight excluding hydrogens is 515 g/mol. The standard InChI is InChI=1S/C27H26F3N5O2S/c1-16-14-34(25-24-22(31-15-32-25)13-23(38-24)18-6-8-20(28)9-7-18)10-11-35(16)27(36)33-17(2)19-4-3-5-21(12-19)37-26(29)30/h3-9,12-13,15-17,26H,10-11,14H2,1-2H3,(H,33,36)/t16?,17-/m0/s1. The number of urea groups is 1. The SMILES string of the molecule is CC1CN(c2ncnc3cc(-c4ccc(F)cc4)sc23)CCN1C(=O)N[C@@H](C)c1cccc(OC(F)F)c1. The van der Waals surface area contributed by atoms with Gasteiger partial charge in [0.1, 0.15) is 23.7 Å². The number of carbonyl (C=O) groups excluding carboxylic acids is 1. The second kappa shape index (κ2) is 10.9. The highest BCUT2D eigenvalue weighted by atomic mass is 32.1. The van der Waals surface area contributed by atoms with Gasteiger partial charge < -0.3 is 19.9 Å². The van der Waals surface area contributed by atoms with Crippen molar-refractivity contribution in [1.29, 1.82) is 0 Å². The molecule has 0 radical (unpaired) electrons. The summed E-state index contributed by atoms with van der Waals surface area (Å²) in [6, 6.07) is 13.9. The zero-order chi connectivity index (χ0) is 26.8. The Kier molecular flexibility index (Phi) is 7.37. The molecule has 0 aliphatic carbocycles. The fourth-order valence-electron chi connectivity index (χ4n) is 4.59. The van der Waals surface area contributed by atoms with Crippen molar-refractivity contribution in [3.05, 3.63) is 72.3 Å². The van der Waals surface area contributed by atoms with Gasteiger partial charge in [-0.3, -0.25) is 0 Å². The van der Waals surface area contributed by atoms with E-state index in [2.05, 4.69) is 24.9 Å². The molecule has 1 fully saturated rings. The number of fused-ring (bicyclic) bond motifs is 1. The number of benzene rings is 2. The molecule has 1 saturated heterocycles. The van der Waals surface area contributed by atoms with E-state index >= 15 is 0 Å². The minimum absolute atomic E-state index is 0.0490.